The molecule has 0 atom stereocenters. The molecule has 6 nitrogen and oxygen atoms in total. The molecule has 2 N–H and O–H groups in total. The molecule has 130 valence electrons. The number of para-hydroxylation sites is 2. The highest BCUT2D eigenvalue weighted by molar-refractivity contribution is 6.31. The van der Waals surface area contributed by atoms with Gasteiger partial charge in [-0.05, 0) is 37.3 Å². The van der Waals surface area contributed by atoms with E-state index < -0.39 is 0 Å². The summed E-state index contributed by atoms with van der Waals surface area (Å²) in [5.41, 5.74) is 2.53. The molecule has 3 aromatic rings. The molecule has 0 aliphatic rings. The number of nitrogens with one attached hydrogen (secondary N) is 2. The van der Waals surface area contributed by atoms with Crippen molar-refractivity contribution in [2.75, 3.05) is 19.0 Å². The number of rotatable bonds is 5. The van der Waals surface area contributed by atoms with E-state index in [-0.39, 0.29) is 6.03 Å². The first-order valence-corrected chi connectivity index (χ1v) is 8.26. The van der Waals surface area contributed by atoms with Gasteiger partial charge in [0, 0.05) is 18.1 Å². The summed E-state index contributed by atoms with van der Waals surface area (Å²) in [6.07, 6.45) is 0. The number of fused-ring (bicyclic) bond motifs is 1. The summed E-state index contributed by atoms with van der Waals surface area (Å²) in [7, 11) is 1.54. The van der Waals surface area contributed by atoms with Crippen molar-refractivity contribution in [3.8, 4) is 5.75 Å². The lowest BCUT2D eigenvalue weighted by atomic mass is 10.3. The van der Waals surface area contributed by atoms with Crippen molar-refractivity contribution in [2.45, 2.75) is 13.5 Å². The number of imidazole rings is 1. The number of hydrogen-bond donors (Lipinski definition) is 2. The van der Waals surface area contributed by atoms with Crippen molar-refractivity contribution in [1.82, 2.24) is 14.9 Å². The van der Waals surface area contributed by atoms with Crippen molar-refractivity contribution in [1.29, 1.82) is 0 Å². The largest absolute Gasteiger partial charge is 0.495 e. The zero-order valence-corrected chi connectivity index (χ0v) is 14.8. The standard InChI is InChI=1S/C18H19ClN4O2/c1-12-21-14-5-3-4-6-16(14)23(12)10-9-20-18(24)22-15-11-13(19)7-8-17(15)25-2/h3-8,11H,9-10H2,1-2H3,(H2,20,22,24). The van der Waals surface area contributed by atoms with Crippen LogP contribution in [0.5, 0.6) is 5.75 Å². The van der Waals surface area contributed by atoms with Crippen molar-refractivity contribution >= 4 is 34.4 Å². The maximum absolute atomic E-state index is 12.1. The highest BCUT2D eigenvalue weighted by Crippen LogP contribution is 2.27. The second kappa shape index (κ2) is 7.44. The van der Waals surface area contributed by atoms with Crippen LogP contribution in [-0.2, 0) is 6.54 Å². The Morgan fingerprint density at radius 3 is 2.88 bits per heavy atom. The van der Waals surface area contributed by atoms with Crippen LogP contribution in [0, 0.1) is 6.92 Å². The van der Waals surface area contributed by atoms with Gasteiger partial charge in [0.2, 0.25) is 0 Å². The molecule has 2 amide bonds. The van der Waals surface area contributed by atoms with Gasteiger partial charge >= 0.3 is 6.03 Å². The molecular formula is C18H19ClN4O2. The summed E-state index contributed by atoms with van der Waals surface area (Å²) in [4.78, 5) is 16.6. The molecule has 0 saturated carbocycles. The molecular weight excluding hydrogens is 340 g/mol. The number of amides is 2. The van der Waals surface area contributed by atoms with E-state index in [2.05, 4.69) is 20.2 Å². The summed E-state index contributed by atoms with van der Waals surface area (Å²) in [6.45, 7) is 3.05. The van der Waals surface area contributed by atoms with Gasteiger partial charge in [-0.25, -0.2) is 9.78 Å². The quantitative estimate of drug-likeness (QED) is 0.728. The van der Waals surface area contributed by atoms with E-state index in [1.165, 1.54) is 0 Å². The van der Waals surface area contributed by atoms with Crippen LogP contribution in [0.25, 0.3) is 11.0 Å². The topological polar surface area (TPSA) is 68.2 Å². The highest BCUT2D eigenvalue weighted by atomic mass is 35.5. The van der Waals surface area contributed by atoms with Gasteiger partial charge < -0.3 is 19.9 Å². The third-order valence-corrected chi connectivity index (χ3v) is 4.11. The Hall–Kier alpha value is -2.73. The first kappa shape index (κ1) is 17.1. The lowest BCUT2D eigenvalue weighted by molar-refractivity contribution is 0.251. The fourth-order valence-electron chi connectivity index (χ4n) is 2.70. The van der Waals surface area contributed by atoms with Crippen LogP contribution < -0.4 is 15.4 Å². The van der Waals surface area contributed by atoms with E-state index in [1.54, 1.807) is 25.3 Å². The molecule has 3 rings (SSSR count). The Bertz CT molecular complexity index is 907. The number of aryl methyl sites for hydroxylation is 1. The number of urea groups is 1. The molecule has 0 aliphatic heterocycles. The number of ether oxygens (including phenoxy) is 1. The van der Waals surface area contributed by atoms with Gasteiger partial charge in [-0.2, -0.15) is 0 Å². The Balaban J connectivity index is 1.61. The lowest BCUT2D eigenvalue weighted by Crippen LogP contribution is -2.31. The lowest BCUT2D eigenvalue weighted by Gasteiger charge is -2.12. The van der Waals surface area contributed by atoms with E-state index in [0.717, 1.165) is 16.9 Å². The predicted octanol–water partition coefficient (Wildman–Crippen LogP) is 3.83. The zero-order chi connectivity index (χ0) is 17.8. The zero-order valence-electron chi connectivity index (χ0n) is 14.0. The molecule has 1 heterocycles. The van der Waals surface area contributed by atoms with Gasteiger partial charge in [-0.3, -0.25) is 0 Å². The average molecular weight is 359 g/mol. The number of anilines is 1. The van der Waals surface area contributed by atoms with Gasteiger partial charge in [0.1, 0.15) is 11.6 Å². The van der Waals surface area contributed by atoms with E-state index in [4.69, 9.17) is 16.3 Å². The fraction of sp³-hybridized carbons (Fsp3) is 0.222. The molecule has 0 radical (unpaired) electrons. The van der Waals surface area contributed by atoms with E-state index >= 15 is 0 Å². The SMILES string of the molecule is COc1ccc(Cl)cc1NC(=O)NCCn1c(C)nc2ccccc21. The number of benzene rings is 2. The third-order valence-electron chi connectivity index (χ3n) is 3.88. The number of aromatic nitrogens is 2. The highest BCUT2D eigenvalue weighted by Gasteiger charge is 2.09. The van der Waals surface area contributed by atoms with Crippen LogP contribution in [0.15, 0.2) is 42.5 Å². The van der Waals surface area contributed by atoms with Gasteiger partial charge in [0.15, 0.2) is 0 Å². The minimum absolute atomic E-state index is 0.317. The molecule has 2 aromatic carbocycles. The number of nitrogens with zero attached hydrogens (tertiary/aromatic N) is 2. The van der Waals surface area contributed by atoms with Crippen LogP contribution in [0.2, 0.25) is 5.02 Å². The van der Waals surface area contributed by atoms with Crippen molar-refractivity contribution in [3.05, 3.63) is 53.3 Å². The Morgan fingerprint density at radius 2 is 2.08 bits per heavy atom. The normalized spacial score (nSPS) is 10.7. The molecule has 0 aliphatic carbocycles. The summed E-state index contributed by atoms with van der Waals surface area (Å²) in [6, 6.07) is 12.7. The van der Waals surface area contributed by atoms with E-state index in [9.17, 15) is 4.79 Å². The van der Waals surface area contributed by atoms with Crippen LogP contribution in [0.3, 0.4) is 0 Å². The summed E-state index contributed by atoms with van der Waals surface area (Å²) in [5, 5.41) is 6.11. The fourth-order valence-corrected chi connectivity index (χ4v) is 2.88. The first-order chi connectivity index (χ1) is 12.1. The van der Waals surface area contributed by atoms with Crippen LogP contribution in [0.4, 0.5) is 10.5 Å². The molecule has 0 spiro atoms. The number of halogens is 1. The van der Waals surface area contributed by atoms with Gasteiger partial charge in [-0.15, -0.1) is 0 Å². The molecule has 25 heavy (non-hydrogen) atoms. The second-order valence-electron chi connectivity index (χ2n) is 5.52. The smallest absolute Gasteiger partial charge is 0.319 e. The Labute approximate surface area is 150 Å². The minimum Gasteiger partial charge on any atom is -0.495 e. The van der Waals surface area contributed by atoms with Crippen molar-refractivity contribution in [2.24, 2.45) is 0 Å². The van der Waals surface area contributed by atoms with Gasteiger partial charge in [0.05, 0.1) is 23.8 Å². The summed E-state index contributed by atoms with van der Waals surface area (Å²) < 4.78 is 7.29. The summed E-state index contributed by atoms with van der Waals surface area (Å²) >= 11 is 5.96. The van der Waals surface area contributed by atoms with Crippen molar-refractivity contribution in [3.63, 3.8) is 0 Å². The van der Waals surface area contributed by atoms with Gasteiger partial charge in [0.25, 0.3) is 0 Å². The van der Waals surface area contributed by atoms with Crippen LogP contribution >= 0.6 is 11.6 Å². The van der Waals surface area contributed by atoms with Crippen LogP contribution in [0.1, 0.15) is 5.82 Å². The molecule has 0 unspecified atom stereocenters. The molecule has 0 saturated heterocycles. The maximum Gasteiger partial charge on any atom is 0.319 e. The first-order valence-electron chi connectivity index (χ1n) is 7.89. The Kier molecular flexibility index (Phi) is 5.09. The summed E-state index contributed by atoms with van der Waals surface area (Å²) in [5.74, 6) is 1.47. The molecule has 1 aromatic heterocycles. The minimum atomic E-state index is -0.317. The average Bonchev–Trinajstić information content (AvgIpc) is 2.91. The maximum atomic E-state index is 12.1. The number of hydrogen-bond acceptors (Lipinski definition) is 3. The van der Waals surface area contributed by atoms with Crippen LogP contribution in [-0.4, -0.2) is 29.2 Å². The number of methoxy groups -OCH3 is 1. The number of carbonyl (C=O) groups is 1. The monoisotopic (exact) mass is 358 g/mol. The van der Waals surface area contributed by atoms with Crippen molar-refractivity contribution < 1.29 is 9.53 Å². The Morgan fingerprint density at radius 1 is 1.28 bits per heavy atom. The molecule has 0 bridgehead atoms. The second-order valence-corrected chi connectivity index (χ2v) is 5.96. The predicted molar refractivity (Wildman–Crippen MR) is 99.5 cm³/mol. The number of carbonyl (C=O) groups excluding carboxylic acids is 1. The molecule has 7 heteroatoms. The third kappa shape index (κ3) is 3.85. The van der Waals surface area contributed by atoms with Gasteiger partial charge in [-0.1, -0.05) is 23.7 Å². The molecule has 0 fully saturated rings. The van der Waals surface area contributed by atoms with E-state index in [0.29, 0.717) is 29.5 Å². The van der Waals surface area contributed by atoms with E-state index in [1.807, 2.05) is 31.2 Å².